The number of aryl methyl sites for hydroxylation is 1. The molecule has 0 saturated heterocycles. The minimum atomic E-state index is -0.193. The van der Waals surface area contributed by atoms with Gasteiger partial charge in [-0.2, -0.15) is 0 Å². The minimum absolute atomic E-state index is 0.101. The first-order valence-electron chi connectivity index (χ1n) is 7.64. The van der Waals surface area contributed by atoms with Crippen LogP contribution in [0.2, 0.25) is 0 Å². The summed E-state index contributed by atoms with van der Waals surface area (Å²) in [6.45, 7) is 0. The molecule has 2 aromatic carbocycles. The number of hydrogen-bond donors (Lipinski definition) is 1. The number of para-hydroxylation sites is 1. The summed E-state index contributed by atoms with van der Waals surface area (Å²) >= 11 is 0. The molecule has 122 valence electrons. The number of nitrogens with one attached hydrogen (secondary N) is 1. The van der Waals surface area contributed by atoms with Crippen molar-refractivity contribution in [3.05, 3.63) is 65.9 Å². The molecule has 5 nitrogen and oxygen atoms in total. The Morgan fingerprint density at radius 1 is 1.04 bits per heavy atom. The third-order valence-electron chi connectivity index (χ3n) is 3.92. The average Bonchev–Trinajstić information content (AvgIpc) is 2.92. The van der Waals surface area contributed by atoms with E-state index in [1.807, 2.05) is 42.1 Å². The predicted octanol–water partition coefficient (Wildman–Crippen LogP) is 3.13. The molecule has 1 aromatic heterocycles. The number of hydrogen-bond acceptors (Lipinski definition) is 2. The van der Waals surface area contributed by atoms with Crippen LogP contribution in [0.4, 0.5) is 5.69 Å². The number of carbonyl (C=O) groups is 2. The Labute approximate surface area is 140 Å². The number of nitrogens with zero attached hydrogens (tertiary/aromatic N) is 2. The zero-order valence-electron chi connectivity index (χ0n) is 13.9. The molecule has 24 heavy (non-hydrogen) atoms. The molecule has 0 fully saturated rings. The van der Waals surface area contributed by atoms with Crippen LogP contribution in [0.15, 0.2) is 54.7 Å². The predicted molar refractivity (Wildman–Crippen MR) is 95.3 cm³/mol. The number of rotatable bonds is 3. The second kappa shape index (κ2) is 6.20. The van der Waals surface area contributed by atoms with E-state index < -0.39 is 0 Å². The van der Waals surface area contributed by atoms with Crippen LogP contribution in [0.25, 0.3) is 10.9 Å². The SMILES string of the molecule is CN(C)C(=O)c1cccc(NC(=O)c2cn(C)c3ccccc23)c1. The Morgan fingerprint density at radius 2 is 1.79 bits per heavy atom. The third-order valence-corrected chi connectivity index (χ3v) is 3.92. The van der Waals surface area contributed by atoms with Crippen LogP contribution in [0.3, 0.4) is 0 Å². The van der Waals surface area contributed by atoms with Crippen LogP contribution < -0.4 is 5.32 Å². The fourth-order valence-electron chi connectivity index (χ4n) is 2.71. The first kappa shape index (κ1) is 15.8. The van der Waals surface area contributed by atoms with Crippen molar-refractivity contribution >= 4 is 28.4 Å². The highest BCUT2D eigenvalue weighted by Gasteiger charge is 2.15. The van der Waals surface area contributed by atoms with Crippen molar-refractivity contribution < 1.29 is 9.59 Å². The summed E-state index contributed by atoms with van der Waals surface area (Å²) in [5.74, 6) is -0.294. The molecule has 0 aliphatic carbocycles. The standard InChI is InChI=1S/C19H19N3O2/c1-21(2)19(24)13-7-6-8-14(11-13)20-18(23)16-12-22(3)17-10-5-4-9-15(16)17/h4-12H,1-3H3,(H,20,23). The van der Waals surface area contributed by atoms with Gasteiger partial charge < -0.3 is 14.8 Å². The molecule has 3 aromatic rings. The maximum Gasteiger partial charge on any atom is 0.257 e. The van der Waals surface area contributed by atoms with Gasteiger partial charge in [0.15, 0.2) is 0 Å². The van der Waals surface area contributed by atoms with E-state index in [4.69, 9.17) is 0 Å². The van der Waals surface area contributed by atoms with E-state index in [1.165, 1.54) is 4.90 Å². The summed E-state index contributed by atoms with van der Waals surface area (Å²) < 4.78 is 1.93. The van der Waals surface area contributed by atoms with Crippen LogP contribution in [0, 0.1) is 0 Å². The number of anilines is 1. The molecule has 0 spiro atoms. The fourth-order valence-corrected chi connectivity index (χ4v) is 2.71. The normalized spacial score (nSPS) is 10.6. The van der Waals surface area contributed by atoms with Gasteiger partial charge in [0.25, 0.3) is 11.8 Å². The van der Waals surface area contributed by atoms with E-state index in [-0.39, 0.29) is 11.8 Å². The van der Waals surface area contributed by atoms with Crippen molar-refractivity contribution in [2.24, 2.45) is 7.05 Å². The van der Waals surface area contributed by atoms with Gasteiger partial charge >= 0.3 is 0 Å². The van der Waals surface area contributed by atoms with Gasteiger partial charge in [0.2, 0.25) is 0 Å². The fraction of sp³-hybridized carbons (Fsp3) is 0.158. The Balaban J connectivity index is 1.90. The second-order valence-electron chi connectivity index (χ2n) is 5.91. The molecule has 0 atom stereocenters. The first-order valence-corrected chi connectivity index (χ1v) is 7.64. The van der Waals surface area contributed by atoms with Crippen molar-refractivity contribution in [3.8, 4) is 0 Å². The van der Waals surface area contributed by atoms with E-state index in [2.05, 4.69) is 5.32 Å². The van der Waals surface area contributed by atoms with Crippen LogP contribution in [-0.4, -0.2) is 35.4 Å². The molecule has 1 N–H and O–H groups in total. The highest BCUT2D eigenvalue weighted by molar-refractivity contribution is 6.13. The van der Waals surface area contributed by atoms with E-state index in [9.17, 15) is 9.59 Å². The topological polar surface area (TPSA) is 54.3 Å². The van der Waals surface area contributed by atoms with Gasteiger partial charge in [-0.25, -0.2) is 0 Å². The van der Waals surface area contributed by atoms with Crippen LogP contribution in [-0.2, 0) is 7.05 Å². The molecular formula is C19H19N3O2. The number of fused-ring (bicyclic) bond motifs is 1. The Kier molecular flexibility index (Phi) is 4.08. The van der Waals surface area contributed by atoms with Crippen LogP contribution >= 0.6 is 0 Å². The van der Waals surface area contributed by atoms with Gasteiger partial charge in [-0.15, -0.1) is 0 Å². The van der Waals surface area contributed by atoms with Crippen LogP contribution in [0.5, 0.6) is 0 Å². The van der Waals surface area contributed by atoms with Crippen molar-refractivity contribution in [1.82, 2.24) is 9.47 Å². The number of carbonyl (C=O) groups excluding carboxylic acids is 2. The van der Waals surface area contributed by atoms with E-state index in [0.717, 1.165) is 10.9 Å². The molecule has 0 saturated carbocycles. The van der Waals surface area contributed by atoms with Crippen molar-refractivity contribution in [3.63, 3.8) is 0 Å². The Morgan fingerprint density at radius 3 is 2.54 bits per heavy atom. The summed E-state index contributed by atoms with van der Waals surface area (Å²) in [5.41, 5.74) is 2.74. The van der Waals surface area contributed by atoms with Gasteiger partial charge in [0, 0.05) is 49.5 Å². The lowest BCUT2D eigenvalue weighted by Crippen LogP contribution is -2.21. The van der Waals surface area contributed by atoms with E-state index >= 15 is 0 Å². The molecule has 0 bridgehead atoms. The lowest BCUT2D eigenvalue weighted by atomic mass is 10.1. The maximum atomic E-state index is 12.6. The minimum Gasteiger partial charge on any atom is -0.350 e. The zero-order chi connectivity index (χ0) is 17.3. The summed E-state index contributed by atoms with van der Waals surface area (Å²) in [4.78, 5) is 26.2. The number of aromatic nitrogens is 1. The molecule has 1 heterocycles. The molecular weight excluding hydrogens is 302 g/mol. The summed E-state index contributed by atoms with van der Waals surface area (Å²) in [6, 6.07) is 14.7. The largest absolute Gasteiger partial charge is 0.350 e. The lowest BCUT2D eigenvalue weighted by Gasteiger charge is -2.11. The van der Waals surface area contributed by atoms with Gasteiger partial charge in [0.05, 0.1) is 5.56 Å². The lowest BCUT2D eigenvalue weighted by molar-refractivity contribution is 0.0827. The summed E-state index contributed by atoms with van der Waals surface area (Å²) in [7, 11) is 5.31. The molecule has 3 rings (SSSR count). The number of benzene rings is 2. The Bertz CT molecular complexity index is 925. The maximum absolute atomic E-state index is 12.6. The van der Waals surface area contributed by atoms with Gasteiger partial charge in [0.1, 0.15) is 0 Å². The van der Waals surface area contributed by atoms with Gasteiger partial charge in [-0.3, -0.25) is 9.59 Å². The average molecular weight is 321 g/mol. The quantitative estimate of drug-likeness (QED) is 0.806. The van der Waals surface area contributed by atoms with Crippen molar-refractivity contribution in [1.29, 1.82) is 0 Å². The Hall–Kier alpha value is -3.08. The smallest absolute Gasteiger partial charge is 0.257 e. The molecule has 5 heteroatoms. The van der Waals surface area contributed by atoms with Crippen molar-refractivity contribution in [2.45, 2.75) is 0 Å². The monoisotopic (exact) mass is 321 g/mol. The molecule has 0 aliphatic heterocycles. The van der Waals surface area contributed by atoms with Gasteiger partial charge in [-0.05, 0) is 24.3 Å². The highest BCUT2D eigenvalue weighted by atomic mass is 16.2. The van der Waals surface area contributed by atoms with E-state index in [1.54, 1.807) is 38.4 Å². The molecule has 0 unspecified atom stereocenters. The summed E-state index contributed by atoms with van der Waals surface area (Å²) in [5, 5.41) is 3.78. The van der Waals surface area contributed by atoms with Crippen LogP contribution in [0.1, 0.15) is 20.7 Å². The highest BCUT2D eigenvalue weighted by Crippen LogP contribution is 2.22. The van der Waals surface area contributed by atoms with E-state index in [0.29, 0.717) is 16.8 Å². The van der Waals surface area contributed by atoms with Gasteiger partial charge in [-0.1, -0.05) is 24.3 Å². The third kappa shape index (κ3) is 2.88. The van der Waals surface area contributed by atoms with Crippen molar-refractivity contribution in [2.75, 3.05) is 19.4 Å². The molecule has 0 radical (unpaired) electrons. The summed E-state index contributed by atoms with van der Waals surface area (Å²) in [6.07, 6.45) is 1.81. The zero-order valence-corrected chi connectivity index (χ0v) is 13.9. The molecule has 2 amide bonds. The molecule has 0 aliphatic rings. The number of amides is 2. The first-order chi connectivity index (χ1) is 11.5. The second-order valence-corrected chi connectivity index (χ2v) is 5.91.